The molecule has 1 aliphatic rings. The van der Waals surface area contributed by atoms with Gasteiger partial charge in [0.15, 0.2) is 3.92 Å². The summed E-state index contributed by atoms with van der Waals surface area (Å²) in [6.07, 6.45) is 0.629. The van der Waals surface area contributed by atoms with Gasteiger partial charge in [0.25, 0.3) is 0 Å². The summed E-state index contributed by atoms with van der Waals surface area (Å²) in [5.41, 5.74) is 0. The van der Waals surface area contributed by atoms with Crippen molar-refractivity contribution >= 4 is 32.4 Å². The van der Waals surface area contributed by atoms with Crippen LogP contribution in [0.3, 0.4) is 0 Å². The third-order valence-corrected chi connectivity index (χ3v) is 3.24. The Labute approximate surface area is 82.4 Å². The van der Waals surface area contributed by atoms with Crippen LogP contribution in [0.5, 0.6) is 0 Å². The van der Waals surface area contributed by atoms with E-state index >= 15 is 0 Å². The molecule has 0 aromatic carbocycles. The summed E-state index contributed by atoms with van der Waals surface area (Å²) < 4.78 is 0.791. The van der Waals surface area contributed by atoms with Crippen molar-refractivity contribution in [2.45, 2.75) is 12.5 Å². The molecule has 12 heavy (non-hydrogen) atoms. The first-order valence-electron chi connectivity index (χ1n) is 3.68. The summed E-state index contributed by atoms with van der Waals surface area (Å²) >= 11 is 4.75. The average Bonchev–Trinajstić information content (AvgIpc) is 2.58. The highest BCUT2D eigenvalue weighted by Crippen LogP contribution is 2.26. The molecule has 6 heteroatoms. The first-order chi connectivity index (χ1) is 5.75. The van der Waals surface area contributed by atoms with Gasteiger partial charge in [0.05, 0.1) is 6.10 Å². The van der Waals surface area contributed by atoms with Crippen molar-refractivity contribution in [1.82, 2.24) is 10.2 Å². The second-order valence-corrected chi connectivity index (χ2v) is 4.96. The van der Waals surface area contributed by atoms with E-state index in [1.54, 1.807) is 0 Å². The molecule has 1 fully saturated rings. The summed E-state index contributed by atoms with van der Waals surface area (Å²) in [5, 5.41) is 18.0. The number of aliphatic hydroxyl groups is 1. The molecule has 0 radical (unpaired) electrons. The Hall–Kier alpha value is -0.200. The van der Waals surface area contributed by atoms with E-state index in [0.717, 1.165) is 22.0 Å². The summed E-state index contributed by atoms with van der Waals surface area (Å²) in [6.45, 7) is 1.56. The summed E-state index contributed by atoms with van der Waals surface area (Å²) in [6, 6.07) is 0. The standard InChI is InChI=1S/C6H8BrN3OS/c7-5-8-9-6(12-5)10-2-1-4(11)3-10/h4,11H,1-3H2. The average molecular weight is 250 g/mol. The number of aromatic nitrogens is 2. The third kappa shape index (κ3) is 1.60. The topological polar surface area (TPSA) is 49.2 Å². The molecule has 1 saturated heterocycles. The van der Waals surface area contributed by atoms with E-state index in [1.807, 2.05) is 4.90 Å². The van der Waals surface area contributed by atoms with E-state index in [9.17, 15) is 5.11 Å². The van der Waals surface area contributed by atoms with E-state index in [2.05, 4.69) is 26.1 Å². The van der Waals surface area contributed by atoms with E-state index < -0.39 is 0 Å². The van der Waals surface area contributed by atoms with E-state index in [1.165, 1.54) is 11.3 Å². The monoisotopic (exact) mass is 249 g/mol. The summed E-state index contributed by atoms with van der Waals surface area (Å²) in [7, 11) is 0. The fourth-order valence-corrected chi connectivity index (χ4v) is 2.36. The highest BCUT2D eigenvalue weighted by molar-refractivity contribution is 9.11. The molecular weight excluding hydrogens is 242 g/mol. The van der Waals surface area contributed by atoms with Gasteiger partial charge < -0.3 is 10.0 Å². The van der Waals surface area contributed by atoms with Gasteiger partial charge in [-0.15, -0.1) is 10.2 Å². The lowest BCUT2D eigenvalue weighted by Gasteiger charge is -2.11. The number of hydrogen-bond acceptors (Lipinski definition) is 5. The van der Waals surface area contributed by atoms with Crippen LogP contribution in [0.2, 0.25) is 0 Å². The minimum absolute atomic E-state index is 0.201. The summed E-state index contributed by atoms with van der Waals surface area (Å²) in [5.74, 6) is 0. The molecule has 1 aromatic rings. The van der Waals surface area contributed by atoms with Crippen LogP contribution in [-0.4, -0.2) is 34.5 Å². The van der Waals surface area contributed by atoms with Crippen molar-refractivity contribution in [3.63, 3.8) is 0 Å². The number of aliphatic hydroxyl groups excluding tert-OH is 1. The Morgan fingerprint density at radius 2 is 2.42 bits per heavy atom. The molecule has 1 N–H and O–H groups in total. The van der Waals surface area contributed by atoms with Gasteiger partial charge in [0.2, 0.25) is 5.13 Å². The second kappa shape index (κ2) is 3.27. The molecule has 0 spiro atoms. The normalized spacial score (nSPS) is 23.5. The Morgan fingerprint density at radius 1 is 1.58 bits per heavy atom. The van der Waals surface area contributed by atoms with Gasteiger partial charge in [0, 0.05) is 13.1 Å². The fourth-order valence-electron chi connectivity index (χ4n) is 1.24. The maximum absolute atomic E-state index is 9.27. The van der Waals surface area contributed by atoms with Gasteiger partial charge in [-0.3, -0.25) is 0 Å². The SMILES string of the molecule is OC1CCN(c2nnc(Br)s2)C1. The van der Waals surface area contributed by atoms with Crippen LogP contribution in [0.4, 0.5) is 5.13 Å². The Kier molecular flexibility index (Phi) is 2.29. The number of nitrogens with zero attached hydrogens (tertiary/aromatic N) is 3. The van der Waals surface area contributed by atoms with Crippen molar-refractivity contribution in [1.29, 1.82) is 0 Å². The maximum Gasteiger partial charge on any atom is 0.209 e. The lowest BCUT2D eigenvalue weighted by molar-refractivity contribution is 0.198. The largest absolute Gasteiger partial charge is 0.391 e. The second-order valence-electron chi connectivity index (χ2n) is 2.73. The van der Waals surface area contributed by atoms with Crippen LogP contribution < -0.4 is 4.90 Å². The molecule has 1 aliphatic heterocycles. The molecule has 1 aromatic heterocycles. The smallest absolute Gasteiger partial charge is 0.209 e. The van der Waals surface area contributed by atoms with Crippen molar-refractivity contribution in [3.05, 3.63) is 3.92 Å². The summed E-state index contributed by atoms with van der Waals surface area (Å²) in [4.78, 5) is 2.05. The highest BCUT2D eigenvalue weighted by Gasteiger charge is 2.22. The quantitative estimate of drug-likeness (QED) is 0.803. The molecule has 0 aliphatic carbocycles. The number of anilines is 1. The molecule has 1 unspecified atom stereocenters. The van der Waals surface area contributed by atoms with Crippen LogP contribution in [-0.2, 0) is 0 Å². The lowest BCUT2D eigenvalue weighted by Crippen LogP contribution is -2.20. The minimum Gasteiger partial charge on any atom is -0.391 e. The molecule has 2 rings (SSSR count). The van der Waals surface area contributed by atoms with E-state index in [-0.39, 0.29) is 6.10 Å². The van der Waals surface area contributed by atoms with Gasteiger partial charge in [0.1, 0.15) is 0 Å². The predicted octanol–water partition coefficient (Wildman–Crippen LogP) is 0.872. The Bertz CT molecular complexity index is 280. The van der Waals surface area contributed by atoms with Crippen molar-refractivity contribution in [3.8, 4) is 0 Å². The molecule has 0 amide bonds. The Morgan fingerprint density at radius 3 is 2.92 bits per heavy atom. The number of hydrogen-bond donors (Lipinski definition) is 1. The van der Waals surface area contributed by atoms with Gasteiger partial charge in [-0.1, -0.05) is 11.3 Å². The predicted molar refractivity (Wildman–Crippen MR) is 50.4 cm³/mol. The number of β-amino-alcohol motifs (C(OH)–C–C–N with tert-alkyl or cyclic N) is 1. The van der Waals surface area contributed by atoms with Gasteiger partial charge in [-0.05, 0) is 22.4 Å². The van der Waals surface area contributed by atoms with Crippen LogP contribution in [0.1, 0.15) is 6.42 Å². The highest BCUT2D eigenvalue weighted by atomic mass is 79.9. The molecule has 0 saturated carbocycles. The van der Waals surface area contributed by atoms with E-state index in [4.69, 9.17) is 0 Å². The fraction of sp³-hybridized carbons (Fsp3) is 0.667. The molecule has 4 nitrogen and oxygen atoms in total. The van der Waals surface area contributed by atoms with Gasteiger partial charge in [-0.25, -0.2) is 0 Å². The molecule has 66 valence electrons. The number of halogens is 1. The Balaban J connectivity index is 2.11. The van der Waals surface area contributed by atoms with Crippen molar-refractivity contribution < 1.29 is 5.11 Å². The first-order valence-corrected chi connectivity index (χ1v) is 5.28. The van der Waals surface area contributed by atoms with Crippen LogP contribution in [0.15, 0.2) is 3.92 Å². The number of rotatable bonds is 1. The molecule has 2 heterocycles. The minimum atomic E-state index is -0.201. The third-order valence-electron chi connectivity index (χ3n) is 1.82. The molecule has 1 atom stereocenters. The van der Waals surface area contributed by atoms with Gasteiger partial charge in [-0.2, -0.15) is 0 Å². The molecule has 0 bridgehead atoms. The van der Waals surface area contributed by atoms with Crippen LogP contribution in [0, 0.1) is 0 Å². The maximum atomic E-state index is 9.27. The van der Waals surface area contributed by atoms with Crippen LogP contribution >= 0.6 is 27.3 Å². The van der Waals surface area contributed by atoms with Crippen LogP contribution in [0.25, 0.3) is 0 Å². The zero-order valence-corrected chi connectivity index (χ0v) is 8.68. The van der Waals surface area contributed by atoms with Crippen molar-refractivity contribution in [2.75, 3.05) is 18.0 Å². The molecular formula is C6H8BrN3OS. The van der Waals surface area contributed by atoms with Gasteiger partial charge >= 0.3 is 0 Å². The van der Waals surface area contributed by atoms with E-state index in [0.29, 0.717) is 6.54 Å². The van der Waals surface area contributed by atoms with Crippen molar-refractivity contribution in [2.24, 2.45) is 0 Å². The zero-order valence-electron chi connectivity index (χ0n) is 6.27. The first kappa shape index (κ1) is 8.40. The lowest BCUT2D eigenvalue weighted by atomic mass is 10.3. The zero-order chi connectivity index (χ0) is 8.55.